The molecule has 0 atom stereocenters. The van der Waals surface area contributed by atoms with Crippen LogP contribution in [0.4, 0.5) is 5.69 Å². The van der Waals surface area contributed by atoms with E-state index in [4.69, 9.17) is 9.84 Å². The largest absolute Gasteiger partial charge is 0.489 e. The molecule has 0 saturated heterocycles. The summed E-state index contributed by atoms with van der Waals surface area (Å²) in [6.45, 7) is 7.64. The van der Waals surface area contributed by atoms with Crippen molar-refractivity contribution in [1.29, 1.82) is 0 Å². The maximum absolute atomic E-state index is 11.0. The Balaban J connectivity index is 2.76. The third kappa shape index (κ3) is 3.95. The number of hydrogen-bond acceptors (Lipinski definition) is 3. The predicted octanol–water partition coefficient (Wildman–Crippen LogP) is 3.00. The Bertz CT molecular complexity index is 413. The molecule has 0 bridgehead atoms. The number of carboxylic acid groups (broad SMARTS) is 1. The van der Waals surface area contributed by atoms with Gasteiger partial charge in [0.2, 0.25) is 0 Å². The van der Waals surface area contributed by atoms with Gasteiger partial charge in [0, 0.05) is 6.54 Å². The van der Waals surface area contributed by atoms with Crippen LogP contribution >= 0.6 is 0 Å². The number of carbonyl (C=O) groups is 1. The van der Waals surface area contributed by atoms with E-state index in [1.165, 1.54) is 0 Å². The maximum Gasteiger partial charge on any atom is 0.310 e. The van der Waals surface area contributed by atoms with Crippen molar-refractivity contribution < 1.29 is 14.6 Å². The molecule has 0 aliphatic rings. The third-order valence-electron chi connectivity index (χ3n) is 2.55. The second-order valence-corrected chi connectivity index (χ2v) is 5.21. The number of nitrogens with one attached hydrogen (secondary N) is 1. The number of benzene rings is 1. The Labute approximate surface area is 108 Å². The standard InChI is InChI=1S/C14H21NO3/c1-10(2)18-12-8-6-5-7-11(12)15-9-14(3,4)13(16)17/h5-8,10,15H,9H2,1-4H3,(H,16,17). The lowest BCUT2D eigenvalue weighted by molar-refractivity contribution is -0.146. The molecule has 0 saturated carbocycles. The molecule has 1 rings (SSSR count). The summed E-state index contributed by atoms with van der Waals surface area (Å²) in [7, 11) is 0. The molecule has 0 aromatic heterocycles. The van der Waals surface area contributed by atoms with Crippen molar-refractivity contribution in [1.82, 2.24) is 0 Å². The molecule has 0 radical (unpaired) electrons. The smallest absolute Gasteiger partial charge is 0.310 e. The van der Waals surface area contributed by atoms with Gasteiger partial charge in [0.1, 0.15) is 5.75 Å². The quantitative estimate of drug-likeness (QED) is 0.816. The molecule has 4 nitrogen and oxygen atoms in total. The summed E-state index contributed by atoms with van der Waals surface area (Å²) in [4.78, 5) is 11.0. The molecule has 100 valence electrons. The highest BCUT2D eigenvalue weighted by Gasteiger charge is 2.27. The van der Waals surface area contributed by atoms with Gasteiger partial charge in [-0.15, -0.1) is 0 Å². The van der Waals surface area contributed by atoms with Gasteiger partial charge in [-0.25, -0.2) is 0 Å². The van der Waals surface area contributed by atoms with Crippen LogP contribution < -0.4 is 10.1 Å². The lowest BCUT2D eigenvalue weighted by Crippen LogP contribution is -2.31. The molecular weight excluding hydrogens is 230 g/mol. The van der Waals surface area contributed by atoms with Crippen LogP contribution in [0.3, 0.4) is 0 Å². The van der Waals surface area contributed by atoms with E-state index in [1.54, 1.807) is 13.8 Å². The van der Waals surface area contributed by atoms with Crippen LogP contribution in [-0.2, 0) is 4.79 Å². The van der Waals surface area contributed by atoms with Crippen molar-refractivity contribution in [3.8, 4) is 5.75 Å². The highest BCUT2D eigenvalue weighted by molar-refractivity contribution is 5.74. The van der Waals surface area contributed by atoms with Gasteiger partial charge in [0.25, 0.3) is 0 Å². The second-order valence-electron chi connectivity index (χ2n) is 5.21. The van der Waals surface area contributed by atoms with Crippen molar-refractivity contribution in [3.05, 3.63) is 24.3 Å². The Morgan fingerprint density at radius 3 is 2.56 bits per heavy atom. The highest BCUT2D eigenvalue weighted by atomic mass is 16.5. The summed E-state index contributed by atoms with van der Waals surface area (Å²) in [5.74, 6) is -0.0778. The van der Waals surface area contributed by atoms with Gasteiger partial charge in [-0.2, -0.15) is 0 Å². The molecule has 0 aliphatic carbocycles. The van der Waals surface area contributed by atoms with Crippen LogP contribution in [-0.4, -0.2) is 23.7 Å². The zero-order chi connectivity index (χ0) is 13.8. The zero-order valence-electron chi connectivity index (χ0n) is 11.4. The molecular formula is C14H21NO3. The summed E-state index contributed by atoms with van der Waals surface area (Å²) in [5.41, 5.74) is 0.00539. The summed E-state index contributed by atoms with van der Waals surface area (Å²) in [5, 5.41) is 12.2. The number of hydrogen-bond donors (Lipinski definition) is 2. The van der Waals surface area contributed by atoms with E-state index in [2.05, 4.69) is 5.32 Å². The molecule has 0 spiro atoms. The fraction of sp³-hybridized carbons (Fsp3) is 0.500. The minimum atomic E-state index is -0.822. The summed E-state index contributed by atoms with van der Waals surface area (Å²) >= 11 is 0. The summed E-state index contributed by atoms with van der Waals surface area (Å²) in [6, 6.07) is 7.54. The number of rotatable bonds is 6. The Kier molecular flexibility index (Phi) is 4.59. The first-order valence-electron chi connectivity index (χ1n) is 6.06. The molecule has 0 heterocycles. The number of aliphatic carboxylic acids is 1. The lowest BCUT2D eigenvalue weighted by Gasteiger charge is -2.22. The van der Waals surface area contributed by atoms with E-state index in [0.29, 0.717) is 6.54 Å². The van der Waals surface area contributed by atoms with Gasteiger partial charge in [0.15, 0.2) is 0 Å². The number of carboxylic acids is 1. The van der Waals surface area contributed by atoms with Crippen molar-refractivity contribution in [2.45, 2.75) is 33.8 Å². The number of para-hydroxylation sites is 2. The van der Waals surface area contributed by atoms with Gasteiger partial charge in [0.05, 0.1) is 17.2 Å². The first-order chi connectivity index (χ1) is 8.33. The fourth-order valence-corrected chi connectivity index (χ4v) is 1.36. The first kappa shape index (κ1) is 14.4. The monoisotopic (exact) mass is 251 g/mol. The van der Waals surface area contributed by atoms with Crippen molar-refractivity contribution in [2.75, 3.05) is 11.9 Å². The van der Waals surface area contributed by atoms with Gasteiger partial charge in [-0.05, 0) is 39.8 Å². The number of ether oxygens (including phenoxy) is 1. The van der Waals surface area contributed by atoms with E-state index < -0.39 is 11.4 Å². The van der Waals surface area contributed by atoms with Gasteiger partial charge >= 0.3 is 5.97 Å². The minimum Gasteiger partial charge on any atom is -0.489 e. The van der Waals surface area contributed by atoms with Crippen LogP contribution in [0.1, 0.15) is 27.7 Å². The molecule has 1 aromatic carbocycles. The molecule has 0 fully saturated rings. The van der Waals surface area contributed by atoms with Crippen LogP contribution in [0.25, 0.3) is 0 Å². The van der Waals surface area contributed by atoms with Crippen molar-refractivity contribution in [2.24, 2.45) is 5.41 Å². The molecule has 4 heteroatoms. The van der Waals surface area contributed by atoms with Crippen LogP contribution in [0.2, 0.25) is 0 Å². The molecule has 0 aliphatic heterocycles. The molecule has 0 unspecified atom stereocenters. The predicted molar refractivity (Wildman–Crippen MR) is 72.1 cm³/mol. The molecule has 1 aromatic rings. The van der Waals surface area contributed by atoms with E-state index in [9.17, 15) is 4.79 Å². The van der Waals surface area contributed by atoms with Gasteiger partial charge in [-0.1, -0.05) is 12.1 Å². The van der Waals surface area contributed by atoms with E-state index in [1.807, 2.05) is 38.1 Å². The summed E-state index contributed by atoms with van der Waals surface area (Å²) < 4.78 is 5.66. The maximum atomic E-state index is 11.0. The zero-order valence-corrected chi connectivity index (χ0v) is 11.4. The van der Waals surface area contributed by atoms with Crippen molar-refractivity contribution in [3.63, 3.8) is 0 Å². The topological polar surface area (TPSA) is 58.6 Å². The van der Waals surface area contributed by atoms with E-state index in [0.717, 1.165) is 11.4 Å². The average Bonchev–Trinajstić information content (AvgIpc) is 2.27. The van der Waals surface area contributed by atoms with Crippen LogP contribution in [0, 0.1) is 5.41 Å². The second kappa shape index (κ2) is 5.76. The normalized spacial score (nSPS) is 11.4. The highest BCUT2D eigenvalue weighted by Crippen LogP contribution is 2.26. The van der Waals surface area contributed by atoms with Gasteiger partial charge in [-0.3, -0.25) is 4.79 Å². The summed E-state index contributed by atoms with van der Waals surface area (Å²) in [6.07, 6.45) is 0.0837. The third-order valence-corrected chi connectivity index (χ3v) is 2.55. The molecule has 0 amide bonds. The Morgan fingerprint density at radius 2 is 2.00 bits per heavy atom. The first-order valence-corrected chi connectivity index (χ1v) is 6.06. The van der Waals surface area contributed by atoms with Crippen LogP contribution in [0.5, 0.6) is 5.75 Å². The van der Waals surface area contributed by atoms with E-state index in [-0.39, 0.29) is 6.10 Å². The van der Waals surface area contributed by atoms with Gasteiger partial charge < -0.3 is 15.2 Å². The lowest BCUT2D eigenvalue weighted by atomic mass is 9.94. The minimum absolute atomic E-state index is 0.0837. The van der Waals surface area contributed by atoms with E-state index >= 15 is 0 Å². The van der Waals surface area contributed by atoms with Crippen LogP contribution in [0.15, 0.2) is 24.3 Å². The van der Waals surface area contributed by atoms with Crippen molar-refractivity contribution >= 4 is 11.7 Å². The average molecular weight is 251 g/mol. The number of anilines is 1. The Hall–Kier alpha value is -1.71. The molecule has 2 N–H and O–H groups in total. The SMILES string of the molecule is CC(C)Oc1ccccc1NCC(C)(C)C(=O)O. The molecule has 18 heavy (non-hydrogen) atoms. The Morgan fingerprint density at radius 1 is 1.39 bits per heavy atom. The fourth-order valence-electron chi connectivity index (χ4n) is 1.36.